The molecule has 0 spiro atoms. The summed E-state index contributed by atoms with van der Waals surface area (Å²) in [5.41, 5.74) is 0. The minimum atomic E-state index is 0.274. The average molecular weight is 463 g/mol. The zero-order valence-electron chi connectivity index (χ0n) is 22.0. The van der Waals surface area contributed by atoms with E-state index in [4.69, 9.17) is 0 Å². The van der Waals surface area contributed by atoms with Gasteiger partial charge in [-0.25, -0.2) is 0 Å². The van der Waals surface area contributed by atoms with Gasteiger partial charge in [0, 0.05) is 24.9 Å². The van der Waals surface area contributed by atoms with Crippen LogP contribution in [0.4, 0.5) is 0 Å². The van der Waals surface area contributed by atoms with Gasteiger partial charge in [0.25, 0.3) is 0 Å². The Bertz CT molecular complexity index is 474. The summed E-state index contributed by atoms with van der Waals surface area (Å²) in [6, 6.07) is 0.828. The van der Waals surface area contributed by atoms with Crippen LogP contribution in [0.25, 0.3) is 0 Å². The third kappa shape index (κ3) is 12.8. The molecule has 2 N–H and O–H groups in total. The van der Waals surface area contributed by atoms with E-state index >= 15 is 0 Å². The molecular weight excluding hydrogens is 408 g/mol. The summed E-state index contributed by atoms with van der Waals surface area (Å²) in [7, 11) is 0. The summed E-state index contributed by atoms with van der Waals surface area (Å²) in [4.78, 5) is 24.4. The van der Waals surface area contributed by atoms with Gasteiger partial charge >= 0.3 is 0 Å². The summed E-state index contributed by atoms with van der Waals surface area (Å²) in [6.45, 7) is 4.46. The van der Waals surface area contributed by atoms with Crippen LogP contribution in [-0.4, -0.2) is 23.9 Å². The molecule has 0 aliphatic heterocycles. The topological polar surface area (TPSA) is 58.2 Å². The maximum Gasteiger partial charge on any atom is 0.220 e. The Morgan fingerprint density at radius 3 is 1.27 bits per heavy atom. The van der Waals surface area contributed by atoms with Crippen LogP contribution >= 0.6 is 0 Å². The molecule has 2 rings (SSSR count). The standard InChI is InChI=1S/C29H54N2O2/c1-3-5-7-9-11-13-28(32)30-26-19-15-24(16-20-26)23-25-17-21-27(22-18-25)31-29(33)14-12-10-8-6-4-2/h24-27H,3-23H2,1-2H3,(H,30,32)(H,31,33). The molecule has 0 aromatic rings. The fourth-order valence-electron chi connectivity index (χ4n) is 5.93. The Morgan fingerprint density at radius 1 is 0.545 bits per heavy atom. The van der Waals surface area contributed by atoms with Gasteiger partial charge in [-0.15, -0.1) is 0 Å². The monoisotopic (exact) mass is 462 g/mol. The maximum absolute atomic E-state index is 12.2. The third-order valence-corrected chi connectivity index (χ3v) is 8.11. The molecule has 0 bridgehead atoms. The van der Waals surface area contributed by atoms with Crippen molar-refractivity contribution in [3.63, 3.8) is 0 Å². The molecule has 0 aromatic carbocycles. The van der Waals surface area contributed by atoms with Gasteiger partial charge in [0.1, 0.15) is 0 Å². The van der Waals surface area contributed by atoms with E-state index in [0.717, 1.165) is 50.4 Å². The van der Waals surface area contributed by atoms with E-state index in [0.29, 0.717) is 24.9 Å². The smallest absolute Gasteiger partial charge is 0.220 e. The Balaban J connectivity index is 1.50. The van der Waals surface area contributed by atoms with Gasteiger partial charge < -0.3 is 10.6 Å². The normalized spacial score (nSPS) is 25.5. The van der Waals surface area contributed by atoms with Gasteiger partial charge in [-0.2, -0.15) is 0 Å². The molecule has 2 saturated carbocycles. The number of carbonyl (C=O) groups is 2. The van der Waals surface area contributed by atoms with E-state index in [1.165, 1.54) is 83.5 Å². The number of carbonyl (C=O) groups excluding carboxylic acids is 2. The second-order valence-electron chi connectivity index (χ2n) is 11.1. The fraction of sp³-hybridized carbons (Fsp3) is 0.931. The molecule has 2 aliphatic carbocycles. The van der Waals surface area contributed by atoms with Crippen LogP contribution in [0.1, 0.15) is 149 Å². The molecule has 2 fully saturated rings. The molecule has 0 atom stereocenters. The molecule has 33 heavy (non-hydrogen) atoms. The van der Waals surface area contributed by atoms with Crippen molar-refractivity contribution in [2.24, 2.45) is 11.8 Å². The molecule has 0 aromatic heterocycles. The number of rotatable bonds is 16. The lowest BCUT2D eigenvalue weighted by molar-refractivity contribution is -0.123. The highest BCUT2D eigenvalue weighted by atomic mass is 16.2. The van der Waals surface area contributed by atoms with E-state index in [-0.39, 0.29) is 11.8 Å². The van der Waals surface area contributed by atoms with Crippen LogP contribution in [0.3, 0.4) is 0 Å². The lowest BCUT2D eigenvalue weighted by Crippen LogP contribution is -2.39. The van der Waals surface area contributed by atoms with Crippen LogP contribution in [0.15, 0.2) is 0 Å². The largest absolute Gasteiger partial charge is 0.353 e. The predicted octanol–water partition coefficient (Wildman–Crippen LogP) is 7.45. The lowest BCUT2D eigenvalue weighted by atomic mass is 9.75. The first-order chi connectivity index (χ1) is 16.1. The second-order valence-corrected chi connectivity index (χ2v) is 11.1. The second kappa shape index (κ2) is 17.4. The zero-order valence-corrected chi connectivity index (χ0v) is 22.0. The number of hydrogen-bond acceptors (Lipinski definition) is 2. The van der Waals surface area contributed by atoms with Gasteiger partial charge in [-0.3, -0.25) is 9.59 Å². The predicted molar refractivity (Wildman–Crippen MR) is 139 cm³/mol. The molecule has 0 heterocycles. The van der Waals surface area contributed by atoms with Crippen molar-refractivity contribution in [3.8, 4) is 0 Å². The number of amides is 2. The van der Waals surface area contributed by atoms with Crippen molar-refractivity contribution in [1.29, 1.82) is 0 Å². The number of unbranched alkanes of at least 4 members (excludes halogenated alkanes) is 8. The number of hydrogen-bond donors (Lipinski definition) is 2. The van der Waals surface area contributed by atoms with Crippen LogP contribution in [0, 0.1) is 11.8 Å². The molecular formula is C29H54N2O2. The third-order valence-electron chi connectivity index (χ3n) is 8.11. The van der Waals surface area contributed by atoms with Gasteiger partial charge in [-0.1, -0.05) is 65.2 Å². The van der Waals surface area contributed by atoms with Gasteiger partial charge in [0.05, 0.1) is 0 Å². The van der Waals surface area contributed by atoms with E-state index < -0.39 is 0 Å². The lowest BCUT2D eigenvalue weighted by Gasteiger charge is -2.34. The molecule has 2 amide bonds. The first kappa shape index (κ1) is 28.2. The van der Waals surface area contributed by atoms with Crippen molar-refractivity contribution in [2.75, 3.05) is 0 Å². The van der Waals surface area contributed by atoms with Gasteiger partial charge in [-0.05, 0) is 82.5 Å². The van der Waals surface area contributed by atoms with Crippen molar-refractivity contribution in [1.82, 2.24) is 10.6 Å². The molecule has 4 heteroatoms. The van der Waals surface area contributed by atoms with E-state index in [1.807, 2.05) is 0 Å². The SMILES string of the molecule is CCCCCCCC(=O)NC1CCC(CC2CCC(NC(=O)CCCCCCC)CC2)CC1. The molecule has 0 radical (unpaired) electrons. The molecule has 0 unspecified atom stereocenters. The number of nitrogens with one attached hydrogen (secondary N) is 2. The van der Waals surface area contributed by atoms with Crippen LogP contribution in [0.2, 0.25) is 0 Å². The minimum absolute atomic E-state index is 0.274. The van der Waals surface area contributed by atoms with Gasteiger partial charge in [0.2, 0.25) is 11.8 Å². The van der Waals surface area contributed by atoms with Crippen molar-refractivity contribution < 1.29 is 9.59 Å². The van der Waals surface area contributed by atoms with Gasteiger partial charge in [0.15, 0.2) is 0 Å². The van der Waals surface area contributed by atoms with Crippen molar-refractivity contribution in [3.05, 3.63) is 0 Å². The summed E-state index contributed by atoms with van der Waals surface area (Å²) in [5.74, 6) is 2.23. The Hall–Kier alpha value is -1.06. The summed E-state index contributed by atoms with van der Waals surface area (Å²) < 4.78 is 0. The molecule has 2 aliphatic rings. The van der Waals surface area contributed by atoms with E-state index in [2.05, 4.69) is 24.5 Å². The molecule has 0 saturated heterocycles. The Morgan fingerprint density at radius 2 is 0.909 bits per heavy atom. The van der Waals surface area contributed by atoms with Crippen molar-refractivity contribution in [2.45, 2.75) is 161 Å². The first-order valence-electron chi connectivity index (χ1n) is 14.7. The van der Waals surface area contributed by atoms with Crippen LogP contribution < -0.4 is 10.6 Å². The summed E-state index contributed by atoms with van der Waals surface area (Å²) in [6.07, 6.45) is 24.6. The minimum Gasteiger partial charge on any atom is -0.353 e. The van der Waals surface area contributed by atoms with Crippen molar-refractivity contribution >= 4 is 11.8 Å². The fourth-order valence-corrected chi connectivity index (χ4v) is 5.93. The maximum atomic E-state index is 12.2. The highest BCUT2D eigenvalue weighted by Crippen LogP contribution is 2.35. The van der Waals surface area contributed by atoms with E-state index in [9.17, 15) is 9.59 Å². The quantitative estimate of drug-likeness (QED) is 0.234. The highest BCUT2D eigenvalue weighted by Gasteiger charge is 2.27. The highest BCUT2D eigenvalue weighted by molar-refractivity contribution is 5.76. The molecule has 192 valence electrons. The van der Waals surface area contributed by atoms with Crippen LogP contribution in [0.5, 0.6) is 0 Å². The Kier molecular flexibility index (Phi) is 14.8. The molecule has 4 nitrogen and oxygen atoms in total. The summed E-state index contributed by atoms with van der Waals surface area (Å²) >= 11 is 0. The summed E-state index contributed by atoms with van der Waals surface area (Å²) in [5, 5.41) is 6.61. The van der Waals surface area contributed by atoms with E-state index in [1.54, 1.807) is 0 Å². The Labute approximate surface area is 204 Å². The average Bonchev–Trinajstić information content (AvgIpc) is 2.81. The first-order valence-corrected chi connectivity index (χ1v) is 14.7. The zero-order chi connectivity index (χ0) is 23.7. The van der Waals surface area contributed by atoms with Crippen LogP contribution in [-0.2, 0) is 9.59 Å².